The summed E-state index contributed by atoms with van der Waals surface area (Å²) >= 11 is 6.22. The molecular weight excluding hydrogens is 250 g/mol. The molecule has 1 aliphatic carbocycles. The molecule has 1 aliphatic rings. The summed E-state index contributed by atoms with van der Waals surface area (Å²) in [6.07, 6.45) is 5.26. The molecule has 18 heavy (non-hydrogen) atoms. The second kappa shape index (κ2) is 5.44. The van der Waals surface area contributed by atoms with Crippen LogP contribution in [0.15, 0.2) is 24.3 Å². The summed E-state index contributed by atoms with van der Waals surface area (Å²) < 4.78 is 0. The first kappa shape index (κ1) is 13.0. The molecule has 1 saturated carbocycles. The van der Waals surface area contributed by atoms with Crippen LogP contribution in [0.4, 0.5) is 5.69 Å². The van der Waals surface area contributed by atoms with Crippen molar-refractivity contribution in [3.63, 3.8) is 0 Å². The van der Waals surface area contributed by atoms with E-state index in [2.05, 4.69) is 4.90 Å². The first-order valence-electron chi connectivity index (χ1n) is 5.98. The predicted molar refractivity (Wildman–Crippen MR) is 74.1 cm³/mol. The Bertz CT molecular complexity index is 481. The first-order valence-corrected chi connectivity index (χ1v) is 6.36. The summed E-state index contributed by atoms with van der Waals surface area (Å²) in [7, 11) is 2.03. The minimum Gasteiger partial charge on any atom is -0.478 e. The van der Waals surface area contributed by atoms with Gasteiger partial charge in [0.15, 0.2) is 0 Å². The number of halogens is 1. The fraction of sp³-hybridized carbons (Fsp3) is 0.357. The van der Waals surface area contributed by atoms with Gasteiger partial charge in [-0.2, -0.15) is 0 Å². The van der Waals surface area contributed by atoms with Crippen molar-refractivity contribution < 1.29 is 9.90 Å². The zero-order valence-corrected chi connectivity index (χ0v) is 11.0. The quantitative estimate of drug-likeness (QED) is 0.831. The number of carboxylic acids is 1. The molecule has 3 nitrogen and oxygen atoms in total. The van der Waals surface area contributed by atoms with Crippen LogP contribution < -0.4 is 4.90 Å². The molecule has 0 atom stereocenters. The van der Waals surface area contributed by atoms with Crippen LogP contribution in [0.1, 0.15) is 18.4 Å². The van der Waals surface area contributed by atoms with Gasteiger partial charge in [-0.15, -0.1) is 0 Å². The van der Waals surface area contributed by atoms with E-state index in [9.17, 15) is 4.79 Å². The van der Waals surface area contributed by atoms with Crippen molar-refractivity contribution in [3.8, 4) is 0 Å². The number of rotatable bonds is 5. The molecule has 0 amide bonds. The normalized spacial score (nSPS) is 15.0. The van der Waals surface area contributed by atoms with Crippen molar-refractivity contribution in [2.45, 2.75) is 12.8 Å². The van der Waals surface area contributed by atoms with Crippen molar-refractivity contribution in [2.24, 2.45) is 5.92 Å². The van der Waals surface area contributed by atoms with Crippen LogP contribution in [0.3, 0.4) is 0 Å². The number of hydrogen-bond donors (Lipinski definition) is 1. The van der Waals surface area contributed by atoms with Gasteiger partial charge in [-0.1, -0.05) is 17.7 Å². The highest BCUT2D eigenvalue weighted by Gasteiger charge is 2.23. The van der Waals surface area contributed by atoms with E-state index in [1.807, 2.05) is 19.2 Å². The topological polar surface area (TPSA) is 40.5 Å². The van der Waals surface area contributed by atoms with Crippen LogP contribution >= 0.6 is 11.6 Å². The van der Waals surface area contributed by atoms with Gasteiger partial charge < -0.3 is 10.0 Å². The van der Waals surface area contributed by atoms with Gasteiger partial charge in [0.2, 0.25) is 0 Å². The van der Waals surface area contributed by atoms with E-state index in [1.54, 1.807) is 12.1 Å². The van der Waals surface area contributed by atoms with Crippen molar-refractivity contribution in [2.75, 3.05) is 18.5 Å². The van der Waals surface area contributed by atoms with Crippen molar-refractivity contribution in [1.29, 1.82) is 0 Å². The number of nitrogens with zero attached hydrogens (tertiary/aromatic N) is 1. The van der Waals surface area contributed by atoms with Crippen LogP contribution in [0.5, 0.6) is 0 Å². The highest BCUT2D eigenvalue weighted by Crippen LogP contribution is 2.33. The largest absolute Gasteiger partial charge is 0.478 e. The Hall–Kier alpha value is -1.48. The highest BCUT2D eigenvalue weighted by atomic mass is 35.5. The highest BCUT2D eigenvalue weighted by molar-refractivity contribution is 6.33. The van der Waals surface area contributed by atoms with E-state index < -0.39 is 5.97 Å². The molecular formula is C14H16ClNO2. The van der Waals surface area contributed by atoms with Crippen LogP contribution in [0, 0.1) is 5.92 Å². The molecule has 0 heterocycles. The summed E-state index contributed by atoms with van der Waals surface area (Å²) in [5, 5.41) is 9.22. The average molecular weight is 266 g/mol. The lowest BCUT2D eigenvalue weighted by molar-refractivity contribution is -0.131. The summed E-state index contributed by atoms with van der Waals surface area (Å²) in [5.41, 5.74) is 1.79. The second-order valence-electron chi connectivity index (χ2n) is 4.71. The summed E-state index contributed by atoms with van der Waals surface area (Å²) in [6, 6.07) is 5.61. The Morgan fingerprint density at radius 1 is 1.56 bits per heavy atom. The average Bonchev–Trinajstić information content (AvgIpc) is 3.10. The SMILES string of the molecule is CN(CC1CC1)c1ccc(/C=C/C(=O)O)cc1Cl. The Morgan fingerprint density at radius 2 is 2.28 bits per heavy atom. The van der Waals surface area contributed by atoms with E-state index in [0.29, 0.717) is 5.02 Å². The minimum absolute atomic E-state index is 0.658. The zero-order chi connectivity index (χ0) is 13.1. The molecule has 4 heteroatoms. The van der Waals surface area contributed by atoms with Crippen molar-refractivity contribution in [1.82, 2.24) is 0 Å². The van der Waals surface area contributed by atoms with Crippen LogP contribution in [0.25, 0.3) is 6.08 Å². The van der Waals surface area contributed by atoms with E-state index in [1.165, 1.54) is 12.8 Å². The first-order chi connectivity index (χ1) is 8.56. The fourth-order valence-electron chi connectivity index (χ4n) is 1.89. The van der Waals surface area contributed by atoms with Gasteiger partial charge in [0, 0.05) is 19.7 Å². The summed E-state index contributed by atoms with van der Waals surface area (Å²) in [5.74, 6) is -0.154. The van der Waals surface area contributed by atoms with E-state index in [-0.39, 0.29) is 0 Å². The Kier molecular flexibility index (Phi) is 3.92. The van der Waals surface area contributed by atoms with Gasteiger partial charge in [0.05, 0.1) is 10.7 Å². The third-order valence-electron chi connectivity index (χ3n) is 3.03. The van der Waals surface area contributed by atoms with Gasteiger partial charge in [0.1, 0.15) is 0 Å². The van der Waals surface area contributed by atoms with Gasteiger partial charge in [-0.25, -0.2) is 4.79 Å². The number of aliphatic carboxylic acids is 1. The maximum Gasteiger partial charge on any atom is 0.328 e. The van der Waals surface area contributed by atoms with Crippen molar-refractivity contribution >= 4 is 29.3 Å². The van der Waals surface area contributed by atoms with Crippen LogP contribution in [0.2, 0.25) is 5.02 Å². The van der Waals surface area contributed by atoms with E-state index >= 15 is 0 Å². The standard InChI is InChI=1S/C14H16ClNO2/c1-16(9-11-2-3-11)13-6-4-10(8-12(13)15)5-7-14(17)18/h4-8,11H,2-3,9H2,1H3,(H,17,18)/b7-5+. The smallest absolute Gasteiger partial charge is 0.328 e. The molecule has 0 aliphatic heterocycles. The van der Waals surface area contributed by atoms with Gasteiger partial charge in [0.25, 0.3) is 0 Å². The van der Waals surface area contributed by atoms with Crippen molar-refractivity contribution in [3.05, 3.63) is 34.9 Å². The van der Waals surface area contributed by atoms with Gasteiger partial charge in [-0.05, 0) is 42.5 Å². The minimum atomic E-state index is -0.957. The maximum absolute atomic E-state index is 10.4. The molecule has 0 saturated heterocycles. The van der Waals surface area contributed by atoms with Crippen LogP contribution in [-0.2, 0) is 4.79 Å². The molecule has 96 valence electrons. The Balaban J connectivity index is 2.10. The molecule has 0 radical (unpaired) electrons. The molecule has 0 spiro atoms. The molecule has 1 fully saturated rings. The van der Waals surface area contributed by atoms with Gasteiger partial charge >= 0.3 is 5.97 Å². The lowest BCUT2D eigenvalue weighted by atomic mass is 10.1. The molecule has 1 aromatic carbocycles. The third kappa shape index (κ3) is 3.50. The van der Waals surface area contributed by atoms with Gasteiger partial charge in [-0.3, -0.25) is 0 Å². The Labute approximate surface area is 112 Å². The lowest BCUT2D eigenvalue weighted by Gasteiger charge is -2.20. The zero-order valence-electron chi connectivity index (χ0n) is 10.3. The second-order valence-corrected chi connectivity index (χ2v) is 5.11. The summed E-state index contributed by atoms with van der Waals surface area (Å²) in [4.78, 5) is 12.6. The fourth-order valence-corrected chi connectivity index (χ4v) is 2.22. The summed E-state index contributed by atoms with van der Waals surface area (Å²) in [6.45, 7) is 1.03. The molecule has 0 unspecified atom stereocenters. The molecule has 1 N–H and O–H groups in total. The van der Waals surface area contributed by atoms with E-state index in [0.717, 1.165) is 29.8 Å². The molecule has 0 bridgehead atoms. The molecule has 0 aromatic heterocycles. The molecule has 1 aromatic rings. The Morgan fingerprint density at radius 3 is 2.83 bits per heavy atom. The number of carboxylic acid groups (broad SMARTS) is 1. The number of benzene rings is 1. The predicted octanol–water partition coefficient (Wildman–Crippen LogP) is 3.28. The third-order valence-corrected chi connectivity index (χ3v) is 3.33. The number of hydrogen-bond acceptors (Lipinski definition) is 2. The lowest BCUT2D eigenvalue weighted by Crippen LogP contribution is -2.20. The monoisotopic (exact) mass is 265 g/mol. The maximum atomic E-state index is 10.4. The molecule has 2 rings (SSSR count). The number of carbonyl (C=O) groups is 1. The number of anilines is 1. The van der Waals surface area contributed by atoms with Crippen LogP contribution in [-0.4, -0.2) is 24.7 Å². The van der Waals surface area contributed by atoms with E-state index in [4.69, 9.17) is 16.7 Å².